The van der Waals surface area contributed by atoms with Crippen LogP contribution in [0.2, 0.25) is 0 Å². The molecule has 0 saturated heterocycles. The number of hydrogen-bond donors (Lipinski definition) is 0. The van der Waals surface area contributed by atoms with Gasteiger partial charge in [0, 0.05) is 12.6 Å². The lowest BCUT2D eigenvalue weighted by Gasteiger charge is -2.26. The van der Waals surface area contributed by atoms with Gasteiger partial charge >= 0.3 is 12.1 Å². The molecule has 0 aliphatic carbocycles. The second kappa shape index (κ2) is 6.88. The van der Waals surface area contributed by atoms with E-state index in [1.807, 2.05) is 0 Å². The van der Waals surface area contributed by atoms with E-state index in [4.69, 9.17) is 0 Å². The summed E-state index contributed by atoms with van der Waals surface area (Å²) >= 11 is 0. The Morgan fingerprint density at radius 1 is 1.00 bits per heavy atom. The van der Waals surface area contributed by atoms with Crippen molar-refractivity contribution in [2.75, 3.05) is 18.2 Å². The van der Waals surface area contributed by atoms with Crippen molar-refractivity contribution in [1.82, 2.24) is 0 Å². The Balaban J connectivity index is 3.55. The zero-order chi connectivity index (χ0) is 18.0. The molecule has 0 spiro atoms. The maximum atomic E-state index is 14.0. The van der Waals surface area contributed by atoms with Gasteiger partial charge in [0.1, 0.15) is 5.56 Å². The molecule has 1 aromatic carbocycles. The second-order valence-corrected chi connectivity index (χ2v) is 4.69. The van der Waals surface area contributed by atoms with Crippen LogP contribution in [0.25, 0.3) is 0 Å². The lowest BCUT2D eigenvalue weighted by Crippen LogP contribution is -2.37. The number of nitrogens with zero attached hydrogens (tertiary/aromatic N) is 1. The lowest BCUT2D eigenvalue weighted by atomic mass is 10.0. The van der Waals surface area contributed by atoms with Crippen molar-refractivity contribution in [2.45, 2.75) is 31.9 Å². The molecule has 0 unspecified atom stereocenters. The minimum atomic E-state index is -6.34. The maximum Gasteiger partial charge on any atom is 0.458 e. The van der Waals surface area contributed by atoms with Gasteiger partial charge in [0.05, 0.1) is 5.69 Å². The van der Waals surface area contributed by atoms with Crippen molar-refractivity contribution in [2.24, 2.45) is 0 Å². The summed E-state index contributed by atoms with van der Waals surface area (Å²) in [4.78, 5) is 0.414. The maximum absolute atomic E-state index is 14.0. The van der Waals surface area contributed by atoms with Crippen LogP contribution in [-0.2, 0) is 5.92 Å². The molecule has 23 heavy (non-hydrogen) atoms. The number of rotatable bonds is 6. The summed E-state index contributed by atoms with van der Waals surface area (Å²) in [5, 5.41) is 0. The molecule has 0 N–H and O–H groups in total. The molecule has 1 nitrogen and oxygen atoms in total. The number of alkyl halides is 6. The van der Waals surface area contributed by atoms with Gasteiger partial charge in [0.15, 0.2) is 24.3 Å². The highest BCUT2D eigenvalue weighted by atomic mass is 19.4. The van der Waals surface area contributed by atoms with Gasteiger partial charge < -0.3 is 4.90 Å². The monoisotopic (exact) mass is 353 g/mol. The third-order valence-electron chi connectivity index (χ3n) is 3.07. The molecule has 0 saturated carbocycles. The number of anilines is 1. The normalized spacial score (nSPS) is 12.6. The molecule has 1 rings (SSSR count). The van der Waals surface area contributed by atoms with E-state index in [1.54, 1.807) is 6.92 Å². The molecule has 0 aromatic heterocycles. The predicted molar refractivity (Wildman–Crippen MR) is 64.5 cm³/mol. The zero-order valence-corrected chi connectivity index (χ0v) is 11.8. The molecule has 132 valence electrons. The van der Waals surface area contributed by atoms with Gasteiger partial charge in [-0.1, -0.05) is 13.3 Å². The molecule has 0 aliphatic rings. The standard InChI is InChI=1S/C13H12F9N/c1-2-3-4-23(6-14)8-5-7(15)10(16)9(11(8)17)12(18,19)13(20,21)22/h5H,2-4,6H2,1H3. The molecule has 0 fully saturated rings. The van der Waals surface area contributed by atoms with Crippen molar-refractivity contribution in [3.8, 4) is 0 Å². The van der Waals surface area contributed by atoms with Gasteiger partial charge in [-0.3, -0.25) is 0 Å². The Labute approximate surface area is 125 Å². The van der Waals surface area contributed by atoms with Crippen LogP contribution in [0.3, 0.4) is 0 Å². The van der Waals surface area contributed by atoms with Gasteiger partial charge in [0.2, 0.25) is 0 Å². The summed E-state index contributed by atoms with van der Waals surface area (Å²) in [5.41, 5.74) is -3.98. The fourth-order valence-electron chi connectivity index (χ4n) is 1.83. The molecule has 10 heteroatoms. The zero-order valence-electron chi connectivity index (χ0n) is 11.8. The third kappa shape index (κ3) is 3.66. The van der Waals surface area contributed by atoms with E-state index in [9.17, 15) is 39.5 Å². The van der Waals surface area contributed by atoms with E-state index in [0.29, 0.717) is 11.3 Å². The van der Waals surface area contributed by atoms with Crippen LogP contribution in [0.5, 0.6) is 0 Å². The predicted octanol–water partition coefficient (Wildman–Crippen LogP) is 5.29. The molecule has 0 radical (unpaired) electrons. The largest absolute Gasteiger partial charge is 0.458 e. The molecule has 0 amide bonds. The van der Waals surface area contributed by atoms with Crippen molar-refractivity contribution < 1.29 is 39.5 Å². The lowest BCUT2D eigenvalue weighted by molar-refractivity contribution is -0.291. The smallest absolute Gasteiger partial charge is 0.342 e. The van der Waals surface area contributed by atoms with E-state index in [-0.39, 0.29) is 19.0 Å². The SMILES string of the molecule is CCCCN(CF)c1cc(F)c(F)c(C(F)(F)C(F)(F)F)c1F. The van der Waals surface area contributed by atoms with Gasteiger partial charge in [-0.2, -0.15) is 22.0 Å². The Kier molecular flexibility index (Phi) is 5.81. The Morgan fingerprint density at radius 3 is 2.00 bits per heavy atom. The van der Waals surface area contributed by atoms with Crippen LogP contribution in [0, 0.1) is 17.5 Å². The van der Waals surface area contributed by atoms with Crippen LogP contribution in [0.15, 0.2) is 6.07 Å². The molecular formula is C13H12F9N. The van der Waals surface area contributed by atoms with Crippen molar-refractivity contribution in [3.05, 3.63) is 29.1 Å². The van der Waals surface area contributed by atoms with Crippen molar-refractivity contribution in [1.29, 1.82) is 0 Å². The molecule has 0 bridgehead atoms. The summed E-state index contributed by atoms with van der Waals surface area (Å²) in [6, 6.07) is 0.0514. The van der Waals surface area contributed by atoms with E-state index < -0.39 is 47.6 Å². The molecule has 0 atom stereocenters. The highest BCUT2D eigenvalue weighted by Crippen LogP contribution is 2.47. The molecule has 1 aromatic rings. The van der Waals surface area contributed by atoms with Crippen LogP contribution in [0.1, 0.15) is 25.3 Å². The van der Waals surface area contributed by atoms with Crippen LogP contribution >= 0.6 is 0 Å². The number of hydrogen-bond acceptors (Lipinski definition) is 1. The molecule has 0 aliphatic heterocycles. The average Bonchev–Trinajstić information content (AvgIpc) is 2.43. The quantitative estimate of drug-likeness (QED) is 0.382. The van der Waals surface area contributed by atoms with E-state index in [0.717, 1.165) is 0 Å². The fourth-order valence-corrected chi connectivity index (χ4v) is 1.83. The number of halogens is 9. The molecular weight excluding hydrogens is 341 g/mol. The van der Waals surface area contributed by atoms with Crippen molar-refractivity contribution >= 4 is 5.69 Å². The van der Waals surface area contributed by atoms with E-state index in [1.165, 1.54) is 0 Å². The number of unbranched alkanes of at least 4 members (excludes halogenated alkanes) is 1. The summed E-state index contributed by atoms with van der Waals surface area (Å²) in [5.74, 6) is -13.1. The fraction of sp³-hybridized carbons (Fsp3) is 0.538. The van der Waals surface area contributed by atoms with Crippen LogP contribution in [0.4, 0.5) is 45.2 Å². The Morgan fingerprint density at radius 2 is 1.57 bits per heavy atom. The van der Waals surface area contributed by atoms with Crippen LogP contribution in [-0.4, -0.2) is 19.5 Å². The summed E-state index contributed by atoms with van der Waals surface area (Å²) < 4.78 is 117. The van der Waals surface area contributed by atoms with Gasteiger partial charge in [-0.05, 0) is 6.42 Å². The second-order valence-electron chi connectivity index (χ2n) is 4.69. The van der Waals surface area contributed by atoms with E-state index >= 15 is 0 Å². The Bertz CT molecular complexity index is 553. The first-order valence-electron chi connectivity index (χ1n) is 6.42. The van der Waals surface area contributed by atoms with Gasteiger partial charge in [-0.25, -0.2) is 17.6 Å². The highest BCUT2D eigenvalue weighted by Gasteiger charge is 2.62. The van der Waals surface area contributed by atoms with E-state index in [2.05, 4.69) is 0 Å². The minimum Gasteiger partial charge on any atom is -0.342 e. The first kappa shape index (κ1) is 19.4. The summed E-state index contributed by atoms with van der Waals surface area (Å²) in [6.45, 7) is -0.0910. The highest BCUT2D eigenvalue weighted by molar-refractivity contribution is 5.52. The van der Waals surface area contributed by atoms with Crippen LogP contribution < -0.4 is 4.90 Å². The average molecular weight is 353 g/mol. The minimum absolute atomic E-state index is 0.0514. The first-order chi connectivity index (χ1) is 10.5. The first-order valence-corrected chi connectivity index (χ1v) is 6.42. The van der Waals surface area contributed by atoms with Crippen molar-refractivity contribution in [3.63, 3.8) is 0 Å². The summed E-state index contributed by atoms with van der Waals surface area (Å²) in [7, 11) is 0. The third-order valence-corrected chi connectivity index (χ3v) is 3.07. The Hall–Kier alpha value is -1.61. The molecule has 0 heterocycles. The van der Waals surface area contributed by atoms with Gasteiger partial charge in [-0.15, -0.1) is 0 Å². The number of benzene rings is 1. The summed E-state index contributed by atoms with van der Waals surface area (Å²) in [6.07, 6.45) is -5.65. The topological polar surface area (TPSA) is 3.24 Å². The van der Waals surface area contributed by atoms with Gasteiger partial charge in [0.25, 0.3) is 0 Å².